The molecule has 0 aliphatic rings. The van der Waals surface area contributed by atoms with E-state index in [2.05, 4.69) is 146 Å². The number of hydrogen-bond donors (Lipinski definition) is 0. The fourth-order valence-corrected chi connectivity index (χ4v) is 9.19. The van der Waals surface area contributed by atoms with E-state index in [4.69, 9.17) is 4.42 Å². The number of benzene rings is 9. The molecule has 46 heavy (non-hydrogen) atoms. The molecule has 1 nitrogen and oxygen atoms in total. The van der Waals surface area contributed by atoms with Crippen LogP contribution in [0.1, 0.15) is 0 Å². The molecular formula is C44H24OS. The van der Waals surface area contributed by atoms with Gasteiger partial charge in [0.1, 0.15) is 11.2 Å². The Kier molecular flexibility index (Phi) is 4.78. The first-order valence-corrected chi connectivity index (χ1v) is 16.6. The monoisotopic (exact) mass is 600 g/mol. The van der Waals surface area contributed by atoms with Crippen molar-refractivity contribution in [3.8, 4) is 22.3 Å². The van der Waals surface area contributed by atoms with Crippen LogP contribution < -0.4 is 0 Å². The molecule has 9 aromatic carbocycles. The first-order chi connectivity index (χ1) is 22.8. The predicted octanol–water partition coefficient (Wildman–Crippen LogP) is 13.3. The molecule has 0 saturated carbocycles. The van der Waals surface area contributed by atoms with Crippen LogP contribution in [0.5, 0.6) is 0 Å². The molecule has 212 valence electrons. The van der Waals surface area contributed by atoms with E-state index in [1.807, 2.05) is 11.3 Å². The molecule has 0 unspecified atom stereocenters. The lowest BCUT2D eigenvalue weighted by Crippen LogP contribution is -1.92. The van der Waals surface area contributed by atoms with Crippen LogP contribution in [0, 0.1) is 0 Å². The summed E-state index contributed by atoms with van der Waals surface area (Å²) in [6.45, 7) is 0. The van der Waals surface area contributed by atoms with Gasteiger partial charge in [-0.25, -0.2) is 0 Å². The highest BCUT2D eigenvalue weighted by Crippen LogP contribution is 2.49. The third-order valence-corrected chi connectivity index (χ3v) is 11.1. The predicted molar refractivity (Wildman–Crippen MR) is 199 cm³/mol. The Bertz CT molecular complexity index is 2970. The van der Waals surface area contributed by atoms with E-state index in [1.165, 1.54) is 85.5 Å². The molecule has 0 spiro atoms. The van der Waals surface area contributed by atoms with Gasteiger partial charge in [0.25, 0.3) is 0 Å². The summed E-state index contributed by atoms with van der Waals surface area (Å²) >= 11 is 1.89. The molecule has 0 radical (unpaired) electrons. The van der Waals surface area contributed by atoms with E-state index >= 15 is 0 Å². The molecule has 0 amide bonds. The summed E-state index contributed by atoms with van der Waals surface area (Å²) in [5, 5.41) is 15.2. The number of rotatable bonds is 2. The highest BCUT2D eigenvalue weighted by molar-refractivity contribution is 7.26. The van der Waals surface area contributed by atoms with Crippen LogP contribution in [0.3, 0.4) is 0 Å². The van der Waals surface area contributed by atoms with Crippen molar-refractivity contribution in [2.75, 3.05) is 0 Å². The quantitative estimate of drug-likeness (QED) is 0.142. The average molecular weight is 601 g/mol. The van der Waals surface area contributed by atoms with Crippen LogP contribution in [0.4, 0.5) is 0 Å². The maximum atomic E-state index is 6.54. The van der Waals surface area contributed by atoms with Gasteiger partial charge in [-0.3, -0.25) is 0 Å². The van der Waals surface area contributed by atoms with Crippen molar-refractivity contribution in [2.24, 2.45) is 0 Å². The molecule has 2 aromatic heterocycles. The van der Waals surface area contributed by atoms with Gasteiger partial charge in [0.05, 0.1) is 0 Å². The Labute approximate surface area is 267 Å². The van der Waals surface area contributed by atoms with Crippen molar-refractivity contribution in [2.45, 2.75) is 0 Å². The van der Waals surface area contributed by atoms with Gasteiger partial charge in [0.15, 0.2) is 0 Å². The second-order valence-electron chi connectivity index (χ2n) is 12.4. The highest BCUT2D eigenvalue weighted by Gasteiger charge is 2.21. The van der Waals surface area contributed by atoms with E-state index in [-0.39, 0.29) is 0 Å². The van der Waals surface area contributed by atoms with Gasteiger partial charge in [-0.1, -0.05) is 103 Å². The zero-order valence-corrected chi connectivity index (χ0v) is 25.5. The second kappa shape index (κ2) is 8.94. The lowest BCUT2D eigenvalue weighted by molar-refractivity contribution is 0.669. The van der Waals surface area contributed by atoms with Crippen LogP contribution in [-0.4, -0.2) is 0 Å². The maximum absolute atomic E-state index is 6.54. The summed E-state index contributed by atoms with van der Waals surface area (Å²) in [5.41, 5.74) is 6.85. The molecule has 0 aliphatic heterocycles. The van der Waals surface area contributed by atoms with Crippen LogP contribution in [0.2, 0.25) is 0 Å². The molecule has 0 aliphatic carbocycles. The smallest absolute Gasteiger partial charge is 0.136 e. The zero-order chi connectivity index (χ0) is 29.9. The van der Waals surface area contributed by atoms with Crippen molar-refractivity contribution < 1.29 is 4.42 Å². The molecule has 2 heterocycles. The SMILES string of the molecule is c1ccc2cc3c(cc2c1)oc1cc(-c2c4ccccc4c(-c4cc5cccc6sc7cccc4c7c56)c4ccccc24)ccc13. The molecule has 0 atom stereocenters. The summed E-state index contributed by atoms with van der Waals surface area (Å²) in [5.74, 6) is 0. The van der Waals surface area contributed by atoms with Crippen molar-refractivity contribution in [3.05, 3.63) is 146 Å². The summed E-state index contributed by atoms with van der Waals surface area (Å²) in [6.07, 6.45) is 0. The molecule has 11 rings (SSSR count). The molecule has 0 saturated heterocycles. The van der Waals surface area contributed by atoms with Gasteiger partial charge in [0.2, 0.25) is 0 Å². The Morgan fingerprint density at radius 1 is 0.370 bits per heavy atom. The summed E-state index contributed by atoms with van der Waals surface area (Å²) < 4.78 is 9.25. The topological polar surface area (TPSA) is 13.1 Å². The highest BCUT2D eigenvalue weighted by atomic mass is 32.1. The third kappa shape index (κ3) is 3.24. The first-order valence-electron chi connectivity index (χ1n) is 15.8. The fourth-order valence-electron chi connectivity index (χ4n) is 8.03. The van der Waals surface area contributed by atoms with Crippen LogP contribution in [0.25, 0.3) is 107 Å². The molecule has 11 aromatic rings. The standard InChI is InChI=1S/C44H24OS/c1-2-10-26-23-38-35(21-25(26)9-1)29-20-19-28(24-37(29)45-38)41-30-12-3-5-14-32(30)43(33-15-6-4-13-31(33)41)36-22-27-11-7-17-39-42(27)44-34(36)16-8-18-40(44)46-39/h1-24H. The molecule has 0 bridgehead atoms. The van der Waals surface area contributed by atoms with Crippen molar-refractivity contribution in [1.82, 2.24) is 0 Å². The summed E-state index contributed by atoms with van der Waals surface area (Å²) in [6, 6.07) is 53.5. The minimum absolute atomic E-state index is 0.916. The van der Waals surface area contributed by atoms with E-state index in [0.29, 0.717) is 0 Å². The first kappa shape index (κ1) is 24.6. The van der Waals surface area contributed by atoms with E-state index < -0.39 is 0 Å². The Balaban J connectivity index is 1.24. The van der Waals surface area contributed by atoms with Gasteiger partial charge in [0, 0.05) is 30.9 Å². The van der Waals surface area contributed by atoms with Crippen molar-refractivity contribution in [1.29, 1.82) is 0 Å². The van der Waals surface area contributed by atoms with Crippen molar-refractivity contribution in [3.63, 3.8) is 0 Å². The number of fused-ring (bicyclic) bond motifs is 6. The second-order valence-corrected chi connectivity index (χ2v) is 13.5. The minimum atomic E-state index is 0.916. The van der Waals surface area contributed by atoms with Gasteiger partial charge >= 0.3 is 0 Å². The Morgan fingerprint density at radius 3 is 1.72 bits per heavy atom. The molecule has 0 fully saturated rings. The maximum Gasteiger partial charge on any atom is 0.136 e. The largest absolute Gasteiger partial charge is 0.456 e. The van der Waals surface area contributed by atoms with Gasteiger partial charge < -0.3 is 4.42 Å². The Morgan fingerprint density at radius 2 is 0.957 bits per heavy atom. The van der Waals surface area contributed by atoms with Crippen molar-refractivity contribution >= 4 is 96.5 Å². The lowest BCUT2D eigenvalue weighted by Gasteiger charge is -2.19. The van der Waals surface area contributed by atoms with Gasteiger partial charge in [-0.2, -0.15) is 0 Å². The van der Waals surface area contributed by atoms with Gasteiger partial charge in [-0.05, 0) is 108 Å². The zero-order valence-electron chi connectivity index (χ0n) is 24.7. The molecule has 0 N–H and O–H groups in total. The third-order valence-electron chi connectivity index (χ3n) is 9.97. The van der Waals surface area contributed by atoms with Gasteiger partial charge in [-0.15, -0.1) is 11.3 Å². The minimum Gasteiger partial charge on any atom is -0.456 e. The van der Waals surface area contributed by atoms with E-state index in [9.17, 15) is 0 Å². The average Bonchev–Trinajstić information content (AvgIpc) is 3.66. The molecular weight excluding hydrogens is 577 g/mol. The molecule has 2 heteroatoms. The van der Waals surface area contributed by atoms with Crippen LogP contribution >= 0.6 is 11.3 Å². The van der Waals surface area contributed by atoms with Crippen LogP contribution in [0.15, 0.2) is 150 Å². The lowest BCUT2D eigenvalue weighted by atomic mass is 9.84. The summed E-state index contributed by atoms with van der Waals surface area (Å²) in [4.78, 5) is 0. The van der Waals surface area contributed by atoms with E-state index in [1.54, 1.807) is 0 Å². The number of thiophene rings is 1. The number of furan rings is 1. The summed E-state index contributed by atoms with van der Waals surface area (Å²) in [7, 11) is 0. The van der Waals surface area contributed by atoms with Crippen LogP contribution in [-0.2, 0) is 0 Å². The fraction of sp³-hybridized carbons (Fsp3) is 0. The number of hydrogen-bond acceptors (Lipinski definition) is 2. The van der Waals surface area contributed by atoms with E-state index in [0.717, 1.165) is 21.9 Å². The Hall–Kier alpha value is -5.70. The normalized spacial score (nSPS) is 12.3.